The van der Waals surface area contributed by atoms with Crippen molar-refractivity contribution < 1.29 is 14.4 Å². The monoisotopic (exact) mass is 597 g/mol. The molecule has 0 atom stereocenters. The lowest BCUT2D eigenvalue weighted by atomic mass is 10.1. The molecule has 6 nitrogen and oxygen atoms in total. The van der Waals surface area contributed by atoms with E-state index in [0.717, 1.165) is 15.6 Å². The van der Waals surface area contributed by atoms with Crippen molar-refractivity contribution in [3.8, 4) is 0 Å². The molecular weight excluding hydrogens is 574 g/mol. The highest BCUT2D eigenvalue weighted by atomic mass is 79.9. The van der Waals surface area contributed by atoms with Gasteiger partial charge in [0.1, 0.15) is 10.6 Å². The number of aryl methyl sites for hydroxylation is 2. The van der Waals surface area contributed by atoms with Crippen LogP contribution in [-0.4, -0.2) is 17.7 Å². The first-order valence-electron chi connectivity index (χ1n) is 12.2. The summed E-state index contributed by atoms with van der Waals surface area (Å²) < 4.78 is 0.900. The van der Waals surface area contributed by atoms with Crippen LogP contribution in [0, 0.1) is 13.8 Å². The van der Waals surface area contributed by atoms with Gasteiger partial charge in [0, 0.05) is 26.3 Å². The summed E-state index contributed by atoms with van der Waals surface area (Å²) in [5, 5.41) is 6.06. The molecule has 0 bridgehead atoms. The Bertz CT molecular complexity index is 1620. The van der Waals surface area contributed by atoms with E-state index in [0.29, 0.717) is 27.5 Å². The van der Waals surface area contributed by atoms with E-state index in [1.807, 2.05) is 62.4 Å². The number of halogens is 1. The van der Waals surface area contributed by atoms with Crippen LogP contribution in [0.15, 0.2) is 117 Å². The fourth-order valence-corrected chi connectivity index (χ4v) is 5.29. The molecule has 0 spiro atoms. The SMILES string of the molecule is Cc1ccc(N2C(=O)C(Nc3ccc(Br)cc3)=C(Sc3cccc(NC(=O)c4ccccc4)c3)C2=O)cc1C. The molecule has 4 aromatic rings. The smallest absolute Gasteiger partial charge is 0.283 e. The predicted molar refractivity (Wildman–Crippen MR) is 160 cm³/mol. The summed E-state index contributed by atoms with van der Waals surface area (Å²) in [4.78, 5) is 42.2. The van der Waals surface area contributed by atoms with Crippen LogP contribution >= 0.6 is 27.7 Å². The Morgan fingerprint density at radius 1 is 0.769 bits per heavy atom. The van der Waals surface area contributed by atoms with Crippen molar-refractivity contribution in [1.82, 2.24) is 0 Å². The summed E-state index contributed by atoms with van der Waals surface area (Å²) in [7, 11) is 0. The molecule has 0 saturated heterocycles. The Labute approximate surface area is 239 Å². The highest BCUT2D eigenvalue weighted by Crippen LogP contribution is 2.39. The van der Waals surface area contributed by atoms with Crippen molar-refractivity contribution in [1.29, 1.82) is 0 Å². The summed E-state index contributed by atoms with van der Waals surface area (Å²) >= 11 is 4.60. The molecule has 1 aliphatic rings. The van der Waals surface area contributed by atoms with Crippen LogP contribution in [0.2, 0.25) is 0 Å². The Morgan fingerprint density at radius 2 is 1.51 bits per heavy atom. The molecule has 5 rings (SSSR count). The van der Waals surface area contributed by atoms with Gasteiger partial charge in [0.05, 0.1) is 5.69 Å². The minimum atomic E-state index is -0.429. The number of rotatable bonds is 7. The molecule has 0 aliphatic carbocycles. The van der Waals surface area contributed by atoms with Gasteiger partial charge < -0.3 is 10.6 Å². The number of nitrogens with one attached hydrogen (secondary N) is 2. The average Bonchev–Trinajstić information content (AvgIpc) is 3.16. The molecular formula is C31H24BrN3O3S. The molecule has 39 heavy (non-hydrogen) atoms. The van der Waals surface area contributed by atoms with Gasteiger partial charge in [0.2, 0.25) is 0 Å². The number of carbonyl (C=O) groups is 3. The maximum absolute atomic E-state index is 13.7. The van der Waals surface area contributed by atoms with E-state index in [9.17, 15) is 14.4 Å². The molecule has 3 amide bonds. The zero-order valence-electron chi connectivity index (χ0n) is 21.2. The lowest BCUT2D eigenvalue weighted by Gasteiger charge is -2.16. The summed E-state index contributed by atoms with van der Waals surface area (Å²) in [6.07, 6.45) is 0. The fourth-order valence-electron chi connectivity index (χ4n) is 4.04. The maximum Gasteiger partial charge on any atom is 0.283 e. The zero-order chi connectivity index (χ0) is 27.5. The van der Waals surface area contributed by atoms with Crippen LogP contribution in [0.3, 0.4) is 0 Å². The normalized spacial score (nSPS) is 13.2. The average molecular weight is 599 g/mol. The molecule has 2 N–H and O–H groups in total. The topological polar surface area (TPSA) is 78.5 Å². The molecule has 0 fully saturated rings. The number of benzene rings is 4. The molecule has 1 aliphatic heterocycles. The largest absolute Gasteiger partial charge is 0.350 e. The minimum Gasteiger partial charge on any atom is -0.350 e. The summed E-state index contributed by atoms with van der Waals surface area (Å²) in [5.41, 5.74) is 4.58. The number of anilines is 3. The van der Waals surface area contributed by atoms with Crippen molar-refractivity contribution in [3.05, 3.63) is 129 Å². The number of carbonyl (C=O) groups excluding carboxylic acids is 3. The van der Waals surface area contributed by atoms with Gasteiger partial charge in [-0.3, -0.25) is 14.4 Å². The lowest BCUT2D eigenvalue weighted by molar-refractivity contribution is -0.120. The molecule has 0 unspecified atom stereocenters. The second-order valence-corrected chi connectivity index (χ2v) is 11.0. The first-order chi connectivity index (χ1) is 18.8. The number of hydrogen-bond donors (Lipinski definition) is 2. The van der Waals surface area contributed by atoms with Gasteiger partial charge in [-0.15, -0.1) is 0 Å². The van der Waals surface area contributed by atoms with Crippen LogP contribution in [0.1, 0.15) is 21.5 Å². The molecule has 1 heterocycles. The third kappa shape index (κ3) is 5.82. The standard InChI is InChI=1S/C31H24BrN3O3S/c1-19-11-16-25(17-20(19)2)35-30(37)27(33-23-14-12-22(32)13-15-23)28(31(35)38)39-26-10-6-9-24(18-26)34-29(36)21-7-4-3-5-8-21/h3-18,33H,1-2H3,(H,34,36). The predicted octanol–water partition coefficient (Wildman–Crippen LogP) is 7.31. The Kier molecular flexibility index (Phi) is 7.67. The third-order valence-corrected chi connectivity index (χ3v) is 7.85. The van der Waals surface area contributed by atoms with Gasteiger partial charge in [-0.2, -0.15) is 0 Å². The first kappa shape index (κ1) is 26.5. The van der Waals surface area contributed by atoms with Crippen LogP contribution < -0.4 is 15.5 Å². The van der Waals surface area contributed by atoms with E-state index in [4.69, 9.17) is 0 Å². The van der Waals surface area contributed by atoms with Crippen molar-refractivity contribution in [2.24, 2.45) is 0 Å². The summed E-state index contributed by atoms with van der Waals surface area (Å²) in [5.74, 6) is -1.07. The minimum absolute atomic E-state index is 0.198. The van der Waals surface area contributed by atoms with Crippen LogP contribution in [0.4, 0.5) is 17.1 Å². The Morgan fingerprint density at radius 3 is 2.23 bits per heavy atom. The molecule has 0 saturated carbocycles. The van der Waals surface area contributed by atoms with Crippen molar-refractivity contribution >= 4 is 62.5 Å². The van der Waals surface area contributed by atoms with E-state index >= 15 is 0 Å². The first-order valence-corrected chi connectivity index (χ1v) is 13.8. The van der Waals surface area contributed by atoms with E-state index in [1.165, 1.54) is 16.7 Å². The van der Waals surface area contributed by atoms with Crippen LogP contribution in [0.25, 0.3) is 0 Å². The Hall–Kier alpha value is -4.14. The van der Waals surface area contributed by atoms with Crippen molar-refractivity contribution in [2.75, 3.05) is 15.5 Å². The number of imide groups is 1. The highest BCUT2D eigenvalue weighted by molar-refractivity contribution is 9.10. The maximum atomic E-state index is 13.7. The Balaban J connectivity index is 1.47. The van der Waals surface area contributed by atoms with Crippen LogP contribution in [-0.2, 0) is 9.59 Å². The van der Waals surface area contributed by atoms with Crippen molar-refractivity contribution in [2.45, 2.75) is 18.7 Å². The van der Waals surface area contributed by atoms with Gasteiger partial charge >= 0.3 is 0 Å². The number of nitrogens with zero attached hydrogens (tertiary/aromatic N) is 1. The zero-order valence-corrected chi connectivity index (χ0v) is 23.6. The molecule has 0 aromatic heterocycles. The quantitative estimate of drug-likeness (QED) is 0.218. The van der Waals surface area contributed by atoms with Gasteiger partial charge in [0.15, 0.2) is 0 Å². The van der Waals surface area contributed by atoms with Crippen molar-refractivity contribution in [3.63, 3.8) is 0 Å². The highest BCUT2D eigenvalue weighted by Gasteiger charge is 2.40. The van der Waals surface area contributed by atoms with Gasteiger partial charge in [-0.1, -0.05) is 58.0 Å². The number of thioether (sulfide) groups is 1. The number of hydrogen-bond acceptors (Lipinski definition) is 5. The number of amides is 3. The fraction of sp³-hybridized carbons (Fsp3) is 0.0645. The van der Waals surface area contributed by atoms with Gasteiger partial charge in [-0.05, 0) is 91.7 Å². The van der Waals surface area contributed by atoms with Gasteiger partial charge in [-0.25, -0.2) is 4.90 Å². The lowest BCUT2D eigenvalue weighted by Crippen LogP contribution is -2.32. The summed E-state index contributed by atoms with van der Waals surface area (Å²) in [6.45, 7) is 3.93. The molecule has 0 radical (unpaired) electrons. The van der Waals surface area contributed by atoms with E-state index in [-0.39, 0.29) is 16.5 Å². The molecule has 8 heteroatoms. The summed E-state index contributed by atoms with van der Waals surface area (Å²) in [6, 6.07) is 29.0. The van der Waals surface area contributed by atoms with E-state index in [1.54, 1.807) is 48.5 Å². The van der Waals surface area contributed by atoms with E-state index in [2.05, 4.69) is 26.6 Å². The molecule has 4 aromatic carbocycles. The van der Waals surface area contributed by atoms with Crippen LogP contribution in [0.5, 0.6) is 0 Å². The van der Waals surface area contributed by atoms with E-state index < -0.39 is 11.8 Å². The molecule has 194 valence electrons. The second kappa shape index (κ2) is 11.3. The second-order valence-electron chi connectivity index (χ2n) is 9.00. The van der Waals surface area contributed by atoms with Gasteiger partial charge in [0.25, 0.3) is 17.7 Å². The third-order valence-electron chi connectivity index (χ3n) is 6.25.